The van der Waals surface area contributed by atoms with Gasteiger partial charge in [-0.2, -0.15) is 11.8 Å². The predicted octanol–water partition coefficient (Wildman–Crippen LogP) is 3.96. The molecule has 3 N–H and O–H groups in total. The van der Waals surface area contributed by atoms with Crippen LogP contribution in [-0.2, 0) is 4.79 Å². The van der Waals surface area contributed by atoms with Crippen LogP contribution in [-0.4, -0.2) is 45.0 Å². The number of carboxylic acid groups (broad SMARTS) is 1. The minimum atomic E-state index is -0.738. The molecule has 0 heterocycles. The van der Waals surface area contributed by atoms with Crippen molar-refractivity contribution in [3.05, 3.63) is 12.2 Å². The largest absolute Gasteiger partial charge is 0.481 e. The molecule has 2 saturated carbocycles. The molecule has 2 aliphatic rings. The zero-order valence-electron chi connectivity index (χ0n) is 16.2. The average Bonchev–Trinajstić information content (AvgIpc) is 3.10. The van der Waals surface area contributed by atoms with E-state index in [4.69, 9.17) is 5.11 Å². The van der Waals surface area contributed by atoms with Crippen molar-refractivity contribution < 1.29 is 20.1 Å². The first-order valence-electron chi connectivity index (χ1n) is 10.3. The Hall–Kier alpha value is -0.520. The van der Waals surface area contributed by atoms with Crippen LogP contribution >= 0.6 is 11.8 Å². The minimum absolute atomic E-state index is 0.171. The molecule has 0 aromatic heterocycles. The summed E-state index contributed by atoms with van der Waals surface area (Å²) in [6, 6.07) is 0. The molecule has 0 aromatic carbocycles. The Morgan fingerprint density at radius 2 is 2.08 bits per heavy atom. The second kappa shape index (κ2) is 10.7. The Morgan fingerprint density at radius 1 is 1.31 bits per heavy atom. The standard InChI is InChI=1S/C21H36O4S/c1-3-4-5-14(2)19(22)7-6-17-18-11-15(8-9-26-13-21(24)25)10-16(18)12-20(17)23/h6-7,14-20,22-23H,3-5,8-13H2,1-2H3,(H,24,25)/t14?,15?,16-,17-,18+,19?,20-/m0/s1. The molecule has 5 heteroatoms. The maximum atomic E-state index is 10.6. The lowest BCUT2D eigenvalue weighted by Crippen LogP contribution is -2.20. The summed E-state index contributed by atoms with van der Waals surface area (Å²) < 4.78 is 0. The molecular formula is C21H36O4S. The van der Waals surface area contributed by atoms with Crippen LogP contribution in [0.2, 0.25) is 0 Å². The summed E-state index contributed by atoms with van der Waals surface area (Å²) in [5.41, 5.74) is 0. The summed E-state index contributed by atoms with van der Waals surface area (Å²) in [5.74, 6) is 2.57. The first-order chi connectivity index (χ1) is 12.4. The molecule has 7 atom stereocenters. The highest BCUT2D eigenvalue weighted by Gasteiger charge is 2.46. The topological polar surface area (TPSA) is 77.8 Å². The highest BCUT2D eigenvalue weighted by molar-refractivity contribution is 7.99. The van der Waals surface area contributed by atoms with E-state index in [9.17, 15) is 15.0 Å². The van der Waals surface area contributed by atoms with Gasteiger partial charge in [0.2, 0.25) is 0 Å². The van der Waals surface area contributed by atoms with Gasteiger partial charge in [-0.1, -0.05) is 38.8 Å². The first-order valence-corrected chi connectivity index (χ1v) is 11.4. The van der Waals surface area contributed by atoms with Crippen LogP contribution in [0.15, 0.2) is 12.2 Å². The smallest absolute Gasteiger partial charge is 0.313 e. The van der Waals surface area contributed by atoms with Crippen LogP contribution in [0.3, 0.4) is 0 Å². The number of carbonyl (C=O) groups is 1. The molecule has 3 unspecified atom stereocenters. The fraction of sp³-hybridized carbons (Fsp3) is 0.857. The van der Waals surface area contributed by atoms with Crippen LogP contribution in [0.5, 0.6) is 0 Å². The summed E-state index contributed by atoms with van der Waals surface area (Å²) in [5, 5.41) is 29.5. The highest BCUT2D eigenvalue weighted by Crippen LogP contribution is 2.51. The van der Waals surface area contributed by atoms with Crippen molar-refractivity contribution in [1.29, 1.82) is 0 Å². The van der Waals surface area contributed by atoms with Crippen molar-refractivity contribution in [2.45, 2.75) is 71.0 Å². The van der Waals surface area contributed by atoms with Gasteiger partial charge < -0.3 is 15.3 Å². The molecule has 150 valence electrons. The van der Waals surface area contributed by atoms with E-state index in [-0.39, 0.29) is 23.7 Å². The summed E-state index contributed by atoms with van der Waals surface area (Å²) in [6.45, 7) is 4.26. The van der Waals surface area contributed by atoms with Gasteiger partial charge in [0.05, 0.1) is 18.0 Å². The van der Waals surface area contributed by atoms with E-state index in [1.165, 1.54) is 11.8 Å². The molecule has 0 aliphatic heterocycles. The molecular weight excluding hydrogens is 348 g/mol. The van der Waals surface area contributed by atoms with Gasteiger partial charge in [-0.15, -0.1) is 0 Å². The number of hydrogen-bond acceptors (Lipinski definition) is 4. The van der Waals surface area contributed by atoms with Crippen molar-refractivity contribution in [3.8, 4) is 0 Å². The van der Waals surface area contributed by atoms with Gasteiger partial charge in [0.1, 0.15) is 0 Å². The monoisotopic (exact) mass is 384 g/mol. The van der Waals surface area contributed by atoms with E-state index in [2.05, 4.69) is 19.9 Å². The highest BCUT2D eigenvalue weighted by atomic mass is 32.2. The second-order valence-electron chi connectivity index (χ2n) is 8.37. The summed E-state index contributed by atoms with van der Waals surface area (Å²) in [4.78, 5) is 10.6. The van der Waals surface area contributed by atoms with Gasteiger partial charge in [0, 0.05) is 5.92 Å². The summed E-state index contributed by atoms with van der Waals surface area (Å²) in [6.07, 6.45) is 10.9. The first kappa shape index (κ1) is 21.8. The maximum Gasteiger partial charge on any atom is 0.313 e. The van der Waals surface area contributed by atoms with Gasteiger partial charge in [-0.05, 0) is 61.5 Å². The molecule has 0 amide bonds. The van der Waals surface area contributed by atoms with Gasteiger partial charge in [-0.3, -0.25) is 4.79 Å². The third kappa shape index (κ3) is 6.28. The molecule has 4 nitrogen and oxygen atoms in total. The minimum Gasteiger partial charge on any atom is -0.481 e. The quantitative estimate of drug-likeness (QED) is 0.371. The maximum absolute atomic E-state index is 10.6. The molecule has 0 aromatic rings. The van der Waals surface area contributed by atoms with Crippen molar-refractivity contribution in [1.82, 2.24) is 0 Å². The van der Waals surface area contributed by atoms with E-state index in [1.807, 2.05) is 6.08 Å². The Kier molecular flexibility index (Phi) is 8.98. The molecule has 0 bridgehead atoms. The number of rotatable bonds is 11. The number of aliphatic hydroxyl groups excluding tert-OH is 2. The van der Waals surface area contributed by atoms with E-state index in [0.717, 1.165) is 50.7 Å². The number of hydrogen-bond donors (Lipinski definition) is 3. The zero-order chi connectivity index (χ0) is 19.1. The fourth-order valence-electron chi connectivity index (χ4n) is 4.82. The molecule has 2 rings (SSSR count). The normalized spacial score (nSPS) is 33.5. The molecule has 0 radical (unpaired) electrons. The molecule has 0 spiro atoms. The molecule has 26 heavy (non-hydrogen) atoms. The summed E-state index contributed by atoms with van der Waals surface area (Å²) >= 11 is 1.51. The zero-order valence-corrected chi connectivity index (χ0v) is 17.0. The number of aliphatic hydroxyl groups is 2. The SMILES string of the molecule is CCCCC(C)C(O)C=C[C@H]1[C@@H]2CC(CCSCC(=O)O)C[C@H]2C[C@@H]1O. The lowest BCUT2D eigenvalue weighted by Gasteiger charge is -2.20. The van der Waals surface area contributed by atoms with Crippen molar-refractivity contribution >= 4 is 17.7 Å². The van der Waals surface area contributed by atoms with Crippen LogP contribution in [0.25, 0.3) is 0 Å². The van der Waals surface area contributed by atoms with Crippen LogP contribution in [0.1, 0.15) is 58.8 Å². The second-order valence-corrected chi connectivity index (χ2v) is 9.48. The number of aliphatic carboxylic acids is 1. The number of fused-ring (bicyclic) bond motifs is 1. The van der Waals surface area contributed by atoms with E-state index >= 15 is 0 Å². The van der Waals surface area contributed by atoms with Crippen LogP contribution in [0.4, 0.5) is 0 Å². The Bertz CT molecular complexity index is 467. The Labute approximate surface area is 162 Å². The predicted molar refractivity (Wildman–Crippen MR) is 107 cm³/mol. The number of carboxylic acids is 1. The summed E-state index contributed by atoms with van der Waals surface area (Å²) in [7, 11) is 0. The van der Waals surface area contributed by atoms with Gasteiger partial charge in [-0.25, -0.2) is 0 Å². The number of thioether (sulfide) groups is 1. The van der Waals surface area contributed by atoms with E-state index in [0.29, 0.717) is 17.8 Å². The third-order valence-corrected chi connectivity index (χ3v) is 7.33. The lowest BCUT2D eigenvalue weighted by molar-refractivity contribution is -0.133. The van der Waals surface area contributed by atoms with E-state index < -0.39 is 12.1 Å². The average molecular weight is 385 g/mol. The fourth-order valence-corrected chi connectivity index (χ4v) is 5.64. The van der Waals surface area contributed by atoms with Crippen LogP contribution < -0.4 is 0 Å². The Morgan fingerprint density at radius 3 is 2.77 bits per heavy atom. The molecule has 2 fully saturated rings. The van der Waals surface area contributed by atoms with Crippen LogP contribution in [0, 0.1) is 29.6 Å². The van der Waals surface area contributed by atoms with E-state index in [1.54, 1.807) is 0 Å². The van der Waals surface area contributed by atoms with Gasteiger partial charge in [0.15, 0.2) is 0 Å². The van der Waals surface area contributed by atoms with Crippen molar-refractivity contribution in [3.63, 3.8) is 0 Å². The molecule has 0 saturated heterocycles. The lowest BCUT2D eigenvalue weighted by atomic mass is 9.88. The van der Waals surface area contributed by atoms with Crippen molar-refractivity contribution in [2.75, 3.05) is 11.5 Å². The molecule has 2 aliphatic carbocycles. The Balaban J connectivity index is 1.80. The van der Waals surface area contributed by atoms with Gasteiger partial charge >= 0.3 is 5.97 Å². The van der Waals surface area contributed by atoms with Gasteiger partial charge in [0.25, 0.3) is 0 Å². The number of unbranched alkanes of at least 4 members (excludes halogenated alkanes) is 1. The van der Waals surface area contributed by atoms with Crippen molar-refractivity contribution in [2.24, 2.45) is 29.6 Å². The third-order valence-electron chi connectivity index (χ3n) is 6.35.